The van der Waals surface area contributed by atoms with E-state index in [1.807, 2.05) is 17.8 Å². The lowest BCUT2D eigenvalue weighted by Gasteiger charge is -2.42. The van der Waals surface area contributed by atoms with E-state index in [-0.39, 0.29) is 0 Å². The zero-order chi connectivity index (χ0) is 25.8. The number of thioether (sulfide) groups is 1. The fourth-order valence-corrected chi connectivity index (χ4v) is 6.83. The van der Waals surface area contributed by atoms with Crippen molar-refractivity contribution in [3.63, 3.8) is 0 Å². The highest BCUT2D eigenvalue weighted by atomic mass is 32.2. The Kier molecular flexibility index (Phi) is 8.68. The minimum absolute atomic E-state index is 0.658. The molecular formula is C31H43N3O2S. The Hall–Kier alpha value is -2.15. The number of hydrogen-bond acceptors (Lipinski definition) is 5. The number of rotatable bonds is 9. The van der Waals surface area contributed by atoms with Crippen molar-refractivity contribution in [3.8, 4) is 22.8 Å². The summed E-state index contributed by atoms with van der Waals surface area (Å²) in [6.45, 7) is 8.55. The van der Waals surface area contributed by atoms with E-state index in [4.69, 9.17) is 9.47 Å². The molecule has 0 spiro atoms. The summed E-state index contributed by atoms with van der Waals surface area (Å²) >= 11 is 1.97. The Balaban J connectivity index is 1.22. The standard InChI is InChI=1S/C31H43N3O2S/c1-22-27-20-24(6-8-28(27)32-31(22)25-7-9-29(35-2)30(21-25)36-3)23-10-17-34(18-11-23)26-12-15-33(16-13-26)14-5-19-37-4/h6-9,20-21,23,26,32H,5,10-19H2,1-4H3. The highest BCUT2D eigenvalue weighted by Crippen LogP contribution is 2.38. The zero-order valence-corrected chi connectivity index (χ0v) is 23.8. The van der Waals surface area contributed by atoms with Crippen LogP contribution in [0, 0.1) is 6.92 Å². The van der Waals surface area contributed by atoms with Gasteiger partial charge in [0.1, 0.15) is 0 Å². The summed E-state index contributed by atoms with van der Waals surface area (Å²) in [5, 5.41) is 1.33. The molecule has 1 N–H and O–H groups in total. The minimum Gasteiger partial charge on any atom is -0.493 e. The van der Waals surface area contributed by atoms with Gasteiger partial charge in [0.25, 0.3) is 0 Å². The molecule has 0 radical (unpaired) electrons. The Bertz CT molecular complexity index is 1180. The lowest BCUT2D eigenvalue weighted by atomic mass is 9.87. The second-order valence-corrected chi connectivity index (χ2v) is 11.7. The van der Waals surface area contributed by atoms with Gasteiger partial charge in [0, 0.05) is 28.2 Å². The van der Waals surface area contributed by atoms with Gasteiger partial charge in [-0.25, -0.2) is 0 Å². The molecule has 2 aromatic carbocycles. The topological polar surface area (TPSA) is 40.7 Å². The molecule has 3 heterocycles. The molecule has 2 saturated heterocycles. The van der Waals surface area contributed by atoms with Crippen LogP contribution in [-0.4, -0.2) is 79.8 Å². The Labute approximate surface area is 226 Å². The van der Waals surface area contributed by atoms with Gasteiger partial charge in [-0.15, -0.1) is 0 Å². The molecule has 0 saturated carbocycles. The van der Waals surface area contributed by atoms with Crippen LogP contribution in [0.15, 0.2) is 36.4 Å². The maximum absolute atomic E-state index is 5.54. The summed E-state index contributed by atoms with van der Waals surface area (Å²) in [5.74, 6) is 3.46. The molecule has 0 aliphatic carbocycles. The van der Waals surface area contributed by atoms with Crippen molar-refractivity contribution in [2.75, 3.05) is 59.0 Å². The van der Waals surface area contributed by atoms with Crippen LogP contribution in [-0.2, 0) is 0 Å². The average molecular weight is 522 g/mol. The van der Waals surface area contributed by atoms with Crippen LogP contribution < -0.4 is 9.47 Å². The van der Waals surface area contributed by atoms with Crippen LogP contribution in [0.4, 0.5) is 0 Å². The first-order chi connectivity index (χ1) is 18.1. The molecule has 0 atom stereocenters. The minimum atomic E-state index is 0.658. The number of ether oxygens (including phenoxy) is 2. The molecule has 3 aromatic rings. The van der Waals surface area contributed by atoms with Crippen molar-refractivity contribution >= 4 is 22.7 Å². The fraction of sp³-hybridized carbons (Fsp3) is 0.548. The smallest absolute Gasteiger partial charge is 0.161 e. The number of fused-ring (bicyclic) bond motifs is 1. The van der Waals surface area contributed by atoms with Gasteiger partial charge in [0.2, 0.25) is 0 Å². The van der Waals surface area contributed by atoms with Crippen molar-refractivity contribution in [2.45, 2.75) is 51.0 Å². The van der Waals surface area contributed by atoms with Gasteiger partial charge < -0.3 is 24.3 Å². The predicted octanol–water partition coefficient (Wildman–Crippen LogP) is 6.56. The van der Waals surface area contributed by atoms with E-state index < -0.39 is 0 Å². The van der Waals surface area contributed by atoms with E-state index in [0.717, 1.165) is 28.8 Å². The quantitative estimate of drug-likeness (QED) is 0.323. The summed E-state index contributed by atoms with van der Waals surface area (Å²) < 4.78 is 11.0. The van der Waals surface area contributed by atoms with Crippen LogP contribution in [0.2, 0.25) is 0 Å². The molecule has 2 aliphatic rings. The summed E-state index contributed by atoms with van der Waals surface area (Å²) in [7, 11) is 3.36. The van der Waals surface area contributed by atoms with Gasteiger partial charge in [0.05, 0.1) is 14.2 Å². The maximum Gasteiger partial charge on any atom is 0.161 e. The number of H-pyrrole nitrogens is 1. The third-order valence-corrected chi connectivity index (χ3v) is 9.35. The lowest BCUT2D eigenvalue weighted by molar-refractivity contribution is 0.0875. The van der Waals surface area contributed by atoms with Gasteiger partial charge >= 0.3 is 0 Å². The molecule has 6 heteroatoms. The summed E-state index contributed by atoms with van der Waals surface area (Å²) in [6, 6.07) is 14.0. The van der Waals surface area contributed by atoms with Gasteiger partial charge in [-0.05, 0) is 131 Å². The third kappa shape index (κ3) is 5.81. The van der Waals surface area contributed by atoms with Crippen LogP contribution >= 0.6 is 11.8 Å². The van der Waals surface area contributed by atoms with E-state index in [1.165, 1.54) is 92.6 Å². The number of likely N-dealkylation sites (tertiary alicyclic amines) is 2. The van der Waals surface area contributed by atoms with E-state index >= 15 is 0 Å². The number of aromatic amines is 1. The molecule has 5 nitrogen and oxygen atoms in total. The molecule has 2 fully saturated rings. The number of hydrogen-bond donors (Lipinski definition) is 1. The summed E-state index contributed by atoms with van der Waals surface area (Å²) in [5.41, 5.74) is 6.27. The normalized spacial score (nSPS) is 18.5. The van der Waals surface area contributed by atoms with Crippen molar-refractivity contribution in [2.24, 2.45) is 0 Å². The van der Waals surface area contributed by atoms with Crippen LogP contribution in [0.1, 0.15) is 49.1 Å². The molecule has 0 bridgehead atoms. The first-order valence-electron chi connectivity index (χ1n) is 13.9. The molecule has 37 heavy (non-hydrogen) atoms. The molecular weight excluding hydrogens is 478 g/mol. The van der Waals surface area contributed by atoms with Crippen molar-refractivity contribution in [3.05, 3.63) is 47.5 Å². The van der Waals surface area contributed by atoms with Crippen molar-refractivity contribution < 1.29 is 9.47 Å². The van der Waals surface area contributed by atoms with Crippen LogP contribution in [0.3, 0.4) is 0 Å². The zero-order valence-electron chi connectivity index (χ0n) is 23.0. The Morgan fingerprint density at radius 2 is 1.68 bits per heavy atom. The lowest BCUT2D eigenvalue weighted by Crippen LogP contribution is -2.47. The number of benzene rings is 2. The first-order valence-corrected chi connectivity index (χ1v) is 15.3. The van der Waals surface area contributed by atoms with Gasteiger partial charge in [-0.1, -0.05) is 6.07 Å². The SMILES string of the molecule is COc1ccc(-c2[nH]c3ccc(C4CCN(C5CCN(CCCSC)CC5)CC4)cc3c2C)cc1OC. The van der Waals surface area contributed by atoms with Crippen LogP contribution in [0.25, 0.3) is 22.2 Å². The number of nitrogens with zero attached hydrogens (tertiary/aromatic N) is 2. The molecule has 200 valence electrons. The highest BCUT2D eigenvalue weighted by Gasteiger charge is 2.29. The molecule has 0 unspecified atom stereocenters. The molecule has 2 aliphatic heterocycles. The summed E-state index contributed by atoms with van der Waals surface area (Å²) in [4.78, 5) is 9.14. The van der Waals surface area contributed by atoms with Crippen molar-refractivity contribution in [1.29, 1.82) is 0 Å². The summed E-state index contributed by atoms with van der Waals surface area (Å²) in [6.07, 6.45) is 8.77. The predicted molar refractivity (Wildman–Crippen MR) is 158 cm³/mol. The highest BCUT2D eigenvalue weighted by molar-refractivity contribution is 7.98. The number of aromatic nitrogens is 1. The average Bonchev–Trinajstić information content (AvgIpc) is 3.29. The van der Waals surface area contributed by atoms with Crippen molar-refractivity contribution in [1.82, 2.24) is 14.8 Å². The van der Waals surface area contributed by atoms with Gasteiger partial charge in [0.15, 0.2) is 11.5 Å². The van der Waals surface area contributed by atoms with E-state index in [2.05, 4.69) is 58.3 Å². The Morgan fingerprint density at radius 3 is 2.38 bits per heavy atom. The monoisotopic (exact) mass is 521 g/mol. The molecule has 5 rings (SSSR count). The first kappa shape index (κ1) is 26.5. The van der Waals surface area contributed by atoms with E-state index in [1.54, 1.807) is 14.2 Å². The Morgan fingerprint density at radius 1 is 0.919 bits per heavy atom. The largest absolute Gasteiger partial charge is 0.493 e. The molecule has 1 aromatic heterocycles. The number of piperidine rings is 2. The van der Waals surface area contributed by atoms with E-state index in [0.29, 0.717) is 5.92 Å². The second-order valence-electron chi connectivity index (χ2n) is 10.7. The van der Waals surface area contributed by atoms with Gasteiger partial charge in [-0.3, -0.25) is 0 Å². The van der Waals surface area contributed by atoms with Crippen LogP contribution in [0.5, 0.6) is 11.5 Å². The maximum atomic E-state index is 5.54. The van der Waals surface area contributed by atoms with Gasteiger partial charge in [-0.2, -0.15) is 11.8 Å². The number of methoxy groups -OCH3 is 2. The van der Waals surface area contributed by atoms with E-state index in [9.17, 15) is 0 Å². The second kappa shape index (κ2) is 12.1. The number of nitrogens with one attached hydrogen (secondary N) is 1. The number of aryl methyl sites for hydroxylation is 1. The fourth-order valence-electron chi connectivity index (χ4n) is 6.42. The molecule has 0 amide bonds. The third-order valence-electron chi connectivity index (χ3n) is 8.65.